The zero-order valence-electron chi connectivity index (χ0n) is 16.6. The number of hydrogen-bond acceptors (Lipinski definition) is 4. The van der Waals surface area contributed by atoms with Crippen LogP contribution < -0.4 is 5.32 Å². The van der Waals surface area contributed by atoms with Gasteiger partial charge in [-0.25, -0.2) is 4.39 Å². The van der Waals surface area contributed by atoms with E-state index >= 15 is 0 Å². The fourth-order valence-electron chi connectivity index (χ4n) is 3.29. The molecule has 0 aliphatic heterocycles. The summed E-state index contributed by atoms with van der Waals surface area (Å²) in [7, 11) is 0. The zero-order chi connectivity index (χ0) is 20.5. The van der Waals surface area contributed by atoms with Gasteiger partial charge in [-0.2, -0.15) is 0 Å². The third kappa shape index (κ3) is 4.05. The van der Waals surface area contributed by atoms with Crippen molar-refractivity contribution in [2.45, 2.75) is 50.1 Å². The molecule has 0 saturated heterocycles. The summed E-state index contributed by atoms with van der Waals surface area (Å²) in [6.07, 6.45) is 2.02. The Morgan fingerprint density at radius 3 is 2.48 bits per heavy atom. The van der Waals surface area contributed by atoms with Crippen molar-refractivity contribution in [2.75, 3.05) is 5.32 Å². The van der Waals surface area contributed by atoms with Crippen molar-refractivity contribution in [3.8, 4) is 11.4 Å². The van der Waals surface area contributed by atoms with Crippen LogP contribution in [0, 0.1) is 19.7 Å². The molecule has 1 aliphatic rings. The molecule has 3 aromatic rings. The Hall–Kier alpha value is -2.67. The molecule has 0 bridgehead atoms. The van der Waals surface area contributed by atoms with Gasteiger partial charge in [0.05, 0.1) is 10.8 Å². The minimum absolute atomic E-state index is 0.0924. The van der Waals surface area contributed by atoms with Gasteiger partial charge < -0.3 is 5.32 Å². The van der Waals surface area contributed by atoms with Crippen LogP contribution in [0.15, 0.2) is 47.6 Å². The van der Waals surface area contributed by atoms with Crippen molar-refractivity contribution < 1.29 is 9.18 Å². The summed E-state index contributed by atoms with van der Waals surface area (Å²) in [5.74, 6) is 0.111. The predicted molar refractivity (Wildman–Crippen MR) is 114 cm³/mol. The Labute approximate surface area is 173 Å². The second kappa shape index (κ2) is 7.99. The van der Waals surface area contributed by atoms with E-state index in [9.17, 15) is 9.18 Å². The van der Waals surface area contributed by atoms with Crippen molar-refractivity contribution in [2.24, 2.45) is 0 Å². The summed E-state index contributed by atoms with van der Waals surface area (Å²) in [4.78, 5) is 12.8. The van der Waals surface area contributed by atoms with Gasteiger partial charge in [-0.05, 0) is 56.9 Å². The van der Waals surface area contributed by atoms with Crippen LogP contribution in [-0.4, -0.2) is 25.9 Å². The van der Waals surface area contributed by atoms with Gasteiger partial charge in [0.15, 0.2) is 11.0 Å². The maximum Gasteiger partial charge on any atom is 0.237 e. The quantitative estimate of drug-likeness (QED) is 0.571. The minimum atomic E-state index is -0.371. The molecule has 1 N–H and O–H groups in total. The molecule has 4 rings (SSSR count). The average Bonchev–Trinajstić information content (AvgIpc) is 3.45. The molecule has 29 heavy (non-hydrogen) atoms. The lowest BCUT2D eigenvalue weighted by Crippen LogP contribution is -2.24. The first kappa shape index (κ1) is 19.6. The average molecular weight is 411 g/mol. The van der Waals surface area contributed by atoms with Gasteiger partial charge >= 0.3 is 0 Å². The molecule has 1 aliphatic carbocycles. The lowest BCUT2D eigenvalue weighted by atomic mass is 10.1. The van der Waals surface area contributed by atoms with Gasteiger partial charge in [0.1, 0.15) is 5.82 Å². The Morgan fingerprint density at radius 1 is 1.14 bits per heavy atom. The Balaban J connectivity index is 1.57. The molecule has 150 valence electrons. The van der Waals surface area contributed by atoms with E-state index in [2.05, 4.69) is 15.5 Å². The normalized spacial score (nSPS) is 14.6. The summed E-state index contributed by atoms with van der Waals surface area (Å²) in [6, 6.07) is 12.8. The number of carbonyl (C=O) groups excluding carboxylic acids is 1. The van der Waals surface area contributed by atoms with Crippen LogP contribution in [0.2, 0.25) is 0 Å². The summed E-state index contributed by atoms with van der Waals surface area (Å²) >= 11 is 1.35. The maximum absolute atomic E-state index is 14.3. The number of aromatic nitrogens is 3. The third-order valence-electron chi connectivity index (χ3n) is 5.07. The lowest BCUT2D eigenvalue weighted by molar-refractivity contribution is -0.115. The van der Waals surface area contributed by atoms with Gasteiger partial charge in [0, 0.05) is 11.7 Å². The summed E-state index contributed by atoms with van der Waals surface area (Å²) in [6.45, 7) is 5.80. The van der Waals surface area contributed by atoms with Gasteiger partial charge in [0.2, 0.25) is 5.91 Å². The fourth-order valence-corrected chi connectivity index (χ4v) is 4.21. The fraction of sp³-hybridized carbons (Fsp3) is 0.318. The molecule has 5 nitrogen and oxygen atoms in total. The summed E-state index contributed by atoms with van der Waals surface area (Å²) in [5, 5.41) is 11.9. The first-order valence-electron chi connectivity index (χ1n) is 9.69. The van der Waals surface area contributed by atoms with E-state index in [0.29, 0.717) is 16.5 Å². The first-order chi connectivity index (χ1) is 14.0. The molecule has 1 heterocycles. The topological polar surface area (TPSA) is 59.8 Å². The molecule has 7 heteroatoms. The number of nitrogens with one attached hydrogen (secondary N) is 1. The Kier molecular flexibility index (Phi) is 5.41. The van der Waals surface area contributed by atoms with E-state index in [-0.39, 0.29) is 23.0 Å². The number of carbonyl (C=O) groups is 1. The van der Waals surface area contributed by atoms with E-state index in [1.165, 1.54) is 17.8 Å². The van der Waals surface area contributed by atoms with Crippen LogP contribution in [0.3, 0.4) is 0 Å². The molecule has 0 unspecified atom stereocenters. The van der Waals surface area contributed by atoms with Crippen LogP contribution in [0.1, 0.15) is 36.9 Å². The number of aryl methyl sites for hydroxylation is 2. The number of halogens is 1. The predicted octanol–water partition coefficient (Wildman–Crippen LogP) is 5.16. The third-order valence-corrected chi connectivity index (χ3v) is 6.13. The van der Waals surface area contributed by atoms with E-state index in [1.54, 1.807) is 18.2 Å². The highest BCUT2D eigenvalue weighted by atomic mass is 32.2. The summed E-state index contributed by atoms with van der Waals surface area (Å²) < 4.78 is 16.3. The Morgan fingerprint density at radius 2 is 1.83 bits per heavy atom. The van der Waals surface area contributed by atoms with Gasteiger partial charge in [-0.1, -0.05) is 42.1 Å². The molecule has 1 saturated carbocycles. The van der Waals surface area contributed by atoms with Crippen LogP contribution in [0.5, 0.6) is 0 Å². The smallest absolute Gasteiger partial charge is 0.237 e. The van der Waals surface area contributed by atoms with Crippen LogP contribution >= 0.6 is 11.8 Å². The molecule has 1 aromatic heterocycles. The van der Waals surface area contributed by atoms with Crippen molar-refractivity contribution in [3.05, 3.63) is 59.4 Å². The molecule has 2 aromatic carbocycles. The number of para-hydroxylation sites is 1. The minimum Gasteiger partial charge on any atom is -0.325 e. The number of hydrogen-bond donors (Lipinski definition) is 1. The maximum atomic E-state index is 14.3. The van der Waals surface area contributed by atoms with E-state index in [1.807, 2.05) is 43.5 Å². The number of thioether (sulfide) groups is 1. The molecule has 1 amide bonds. The number of amides is 1. The number of anilines is 1. The second-order valence-electron chi connectivity index (χ2n) is 7.40. The monoisotopic (exact) mass is 410 g/mol. The molecule has 0 spiro atoms. The van der Waals surface area contributed by atoms with Crippen molar-refractivity contribution in [1.29, 1.82) is 0 Å². The summed E-state index contributed by atoms with van der Waals surface area (Å²) in [5.41, 5.74) is 3.34. The highest BCUT2D eigenvalue weighted by Gasteiger charge is 2.32. The van der Waals surface area contributed by atoms with Gasteiger partial charge in [-0.3, -0.25) is 9.36 Å². The van der Waals surface area contributed by atoms with Crippen molar-refractivity contribution in [3.63, 3.8) is 0 Å². The van der Waals surface area contributed by atoms with E-state index in [0.717, 1.165) is 29.7 Å². The second-order valence-corrected chi connectivity index (χ2v) is 8.71. The van der Waals surface area contributed by atoms with Crippen LogP contribution in [-0.2, 0) is 4.79 Å². The van der Waals surface area contributed by atoms with Crippen LogP contribution in [0.25, 0.3) is 11.4 Å². The molecular formula is C22H23FN4OS. The molecule has 1 fully saturated rings. The van der Waals surface area contributed by atoms with Crippen molar-refractivity contribution >= 4 is 23.4 Å². The zero-order valence-corrected chi connectivity index (χ0v) is 17.5. The number of rotatable bonds is 6. The van der Waals surface area contributed by atoms with Crippen molar-refractivity contribution in [1.82, 2.24) is 14.8 Å². The largest absolute Gasteiger partial charge is 0.325 e. The lowest BCUT2D eigenvalue weighted by Gasteiger charge is -2.16. The highest BCUT2D eigenvalue weighted by molar-refractivity contribution is 8.00. The van der Waals surface area contributed by atoms with Gasteiger partial charge in [-0.15, -0.1) is 10.2 Å². The van der Waals surface area contributed by atoms with E-state index in [4.69, 9.17) is 0 Å². The Bertz CT molecular complexity index is 1040. The molecule has 1 atom stereocenters. The standard InChI is InChI=1S/C22H23FN4OS/c1-13-7-6-8-14(2)19(13)24-21(28)15(3)29-22-26-25-20(27(22)16-11-12-16)17-9-4-5-10-18(17)23/h4-10,15-16H,11-12H2,1-3H3,(H,24,28)/t15-/m0/s1. The number of benzene rings is 2. The molecule has 0 radical (unpaired) electrons. The number of nitrogens with zero attached hydrogens (tertiary/aromatic N) is 3. The molecular weight excluding hydrogens is 387 g/mol. The van der Waals surface area contributed by atoms with E-state index < -0.39 is 0 Å². The van der Waals surface area contributed by atoms with Gasteiger partial charge in [0.25, 0.3) is 0 Å². The highest BCUT2D eigenvalue weighted by Crippen LogP contribution is 2.42. The van der Waals surface area contributed by atoms with Crippen LogP contribution in [0.4, 0.5) is 10.1 Å². The first-order valence-corrected chi connectivity index (χ1v) is 10.6. The SMILES string of the molecule is Cc1cccc(C)c1NC(=O)[C@H](C)Sc1nnc(-c2ccccc2F)n1C1CC1.